The van der Waals surface area contributed by atoms with Gasteiger partial charge in [0.25, 0.3) is 0 Å². The second-order valence-corrected chi connectivity index (χ2v) is 5.30. The summed E-state index contributed by atoms with van der Waals surface area (Å²) in [5.41, 5.74) is 1.12. The Kier molecular flexibility index (Phi) is 4.53. The van der Waals surface area contributed by atoms with E-state index < -0.39 is 0 Å². The first-order chi connectivity index (χ1) is 9.15. The molecule has 4 heteroatoms. The van der Waals surface area contributed by atoms with Crippen LogP contribution >= 0.6 is 0 Å². The molecule has 1 N–H and O–H groups in total. The molecule has 2 unspecified atom stereocenters. The van der Waals surface area contributed by atoms with Crippen molar-refractivity contribution in [2.45, 2.75) is 19.9 Å². The molecular formula is C15H24N2O2. The zero-order valence-corrected chi connectivity index (χ0v) is 12.3. The molecular weight excluding hydrogens is 240 g/mol. The monoisotopic (exact) mass is 264 g/mol. The summed E-state index contributed by atoms with van der Waals surface area (Å²) in [6.07, 6.45) is 0. The second-order valence-electron chi connectivity index (χ2n) is 5.30. The Labute approximate surface area is 115 Å². The lowest BCUT2D eigenvalue weighted by Crippen LogP contribution is -2.38. The molecule has 19 heavy (non-hydrogen) atoms. The van der Waals surface area contributed by atoms with Gasteiger partial charge in [0.05, 0.1) is 19.9 Å². The van der Waals surface area contributed by atoms with Crippen LogP contribution in [0.4, 0.5) is 5.69 Å². The number of hydrogen-bond acceptors (Lipinski definition) is 4. The van der Waals surface area contributed by atoms with Gasteiger partial charge in [-0.05, 0) is 31.5 Å². The molecule has 2 rings (SSSR count). The zero-order chi connectivity index (χ0) is 13.8. The fraction of sp³-hybridized carbons (Fsp3) is 0.600. The van der Waals surface area contributed by atoms with Crippen LogP contribution in [0.1, 0.15) is 13.8 Å². The topological polar surface area (TPSA) is 33.7 Å². The highest BCUT2D eigenvalue weighted by molar-refractivity contribution is 5.62. The van der Waals surface area contributed by atoms with Crippen LogP contribution < -0.4 is 19.7 Å². The van der Waals surface area contributed by atoms with Crippen LogP contribution in [0, 0.1) is 5.92 Å². The maximum atomic E-state index is 5.50. The van der Waals surface area contributed by atoms with E-state index in [9.17, 15) is 0 Å². The molecule has 2 atom stereocenters. The van der Waals surface area contributed by atoms with Crippen molar-refractivity contribution in [1.29, 1.82) is 0 Å². The third kappa shape index (κ3) is 3.13. The van der Waals surface area contributed by atoms with E-state index in [0.29, 0.717) is 12.0 Å². The molecule has 1 aromatic carbocycles. The third-order valence-corrected chi connectivity index (χ3v) is 3.67. The average molecular weight is 264 g/mol. The minimum absolute atomic E-state index is 0.436. The van der Waals surface area contributed by atoms with Crippen molar-refractivity contribution in [2.75, 3.05) is 38.8 Å². The van der Waals surface area contributed by atoms with Crippen molar-refractivity contribution in [3.05, 3.63) is 18.2 Å². The molecule has 0 spiro atoms. The molecule has 1 aliphatic rings. The Morgan fingerprint density at radius 3 is 2.63 bits per heavy atom. The van der Waals surface area contributed by atoms with E-state index in [1.165, 1.54) is 0 Å². The number of rotatable bonds is 3. The van der Waals surface area contributed by atoms with Gasteiger partial charge in [-0.15, -0.1) is 0 Å². The lowest BCUT2D eigenvalue weighted by atomic mass is 10.1. The van der Waals surface area contributed by atoms with Crippen LogP contribution in [0.3, 0.4) is 0 Å². The minimum atomic E-state index is 0.436. The summed E-state index contributed by atoms with van der Waals surface area (Å²) < 4.78 is 10.8. The summed E-state index contributed by atoms with van der Waals surface area (Å²) >= 11 is 0. The molecule has 1 saturated heterocycles. The van der Waals surface area contributed by atoms with Gasteiger partial charge >= 0.3 is 0 Å². The van der Waals surface area contributed by atoms with Crippen LogP contribution in [0.5, 0.6) is 11.5 Å². The van der Waals surface area contributed by atoms with Gasteiger partial charge in [0.1, 0.15) is 11.5 Å². The summed E-state index contributed by atoms with van der Waals surface area (Å²) in [5.74, 6) is 2.38. The molecule has 0 saturated carbocycles. The van der Waals surface area contributed by atoms with Gasteiger partial charge in [-0.25, -0.2) is 0 Å². The summed E-state index contributed by atoms with van der Waals surface area (Å²) in [4.78, 5) is 2.41. The minimum Gasteiger partial charge on any atom is -0.497 e. The number of nitrogens with zero attached hydrogens (tertiary/aromatic N) is 1. The number of ether oxygens (including phenoxy) is 2. The standard InChI is InChI=1S/C15H24N2O2/c1-11-8-16-9-12(2)17(10-11)14-7-13(18-3)5-6-15(14)19-4/h5-7,11-12,16H,8-10H2,1-4H3. The Hall–Kier alpha value is -1.42. The molecule has 0 aliphatic carbocycles. The zero-order valence-electron chi connectivity index (χ0n) is 12.3. The number of methoxy groups -OCH3 is 2. The second kappa shape index (κ2) is 6.15. The number of anilines is 1. The predicted octanol–water partition coefficient (Wildman–Crippen LogP) is 2.14. The van der Waals surface area contributed by atoms with Gasteiger partial charge in [-0.2, -0.15) is 0 Å². The molecule has 0 bridgehead atoms. The first-order valence-electron chi connectivity index (χ1n) is 6.85. The maximum absolute atomic E-state index is 5.50. The van der Waals surface area contributed by atoms with Crippen LogP contribution in [-0.2, 0) is 0 Å². The molecule has 0 amide bonds. The Morgan fingerprint density at radius 2 is 1.95 bits per heavy atom. The van der Waals surface area contributed by atoms with Crippen molar-refractivity contribution >= 4 is 5.69 Å². The fourth-order valence-electron chi connectivity index (χ4n) is 2.59. The number of hydrogen-bond donors (Lipinski definition) is 1. The summed E-state index contributed by atoms with van der Waals surface area (Å²) in [6, 6.07) is 6.41. The summed E-state index contributed by atoms with van der Waals surface area (Å²) in [6.45, 7) is 7.59. The molecule has 0 radical (unpaired) electrons. The molecule has 1 heterocycles. The van der Waals surface area contributed by atoms with E-state index in [0.717, 1.165) is 36.8 Å². The van der Waals surface area contributed by atoms with Crippen molar-refractivity contribution in [1.82, 2.24) is 5.32 Å². The van der Waals surface area contributed by atoms with Gasteiger partial charge in [-0.1, -0.05) is 6.92 Å². The average Bonchev–Trinajstić information content (AvgIpc) is 2.59. The number of nitrogens with one attached hydrogen (secondary N) is 1. The van der Waals surface area contributed by atoms with E-state index >= 15 is 0 Å². The van der Waals surface area contributed by atoms with E-state index in [1.807, 2.05) is 12.1 Å². The van der Waals surface area contributed by atoms with Crippen molar-refractivity contribution in [3.8, 4) is 11.5 Å². The largest absolute Gasteiger partial charge is 0.497 e. The van der Waals surface area contributed by atoms with Crippen LogP contribution in [-0.4, -0.2) is 39.9 Å². The van der Waals surface area contributed by atoms with E-state index in [4.69, 9.17) is 9.47 Å². The first-order valence-corrected chi connectivity index (χ1v) is 6.85. The Bertz CT molecular complexity index is 423. The van der Waals surface area contributed by atoms with Crippen molar-refractivity contribution in [3.63, 3.8) is 0 Å². The molecule has 106 valence electrons. The SMILES string of the molecule is COc1ccc(OC)c(N2CC(C)CNCC2C)c1. The molecule has 1 aliphatic heterocycles. The maximum Gasteiger partial charge on any atom is 0.142 e. The predicted molar refractivity (Wildman–Crippen MR) is 78.4 cm³/mol. The summed E-state index contributed by atoms with van der Waals surface area (Å²) in [5, 5.41) is 3.50. The first kappa shape index (κ1) is 14.0. The Morgan fingerprint density at radius 1 is 1.16 bits per heavy atom. The van der Waals surface area contributed by atoms with Crippen LogP contribution in [0.2, 0.25) is 0 Å². The quantitative estimate of drug-likeness (QED) is 0.907. The summed E-state index contributed by atoms with van der Waals surface area (Å²) in [7, 11) is 3.41. The van der Waals surface area contributed by atoms with E-state index in [2.05, 4.69) is 30.1 Å². The van der Waals surface area contributed by atoms with Gasteiger partial charge in [0, 0.05) is 25.2 Å². The highest BCUT2D eigenvalue weighted by atomic mass is 16.5. The van der Waals surface area contributed by atoms with Gasteiger partial charge in [0.2, 0.25) is 0 Å². The van der Waals surface area contributed by atoms with Crippen molar-refractivity contribution in [2.24, 2.45) is 5.92 Å². The number of benzene rings is 1. The van der Waals surface area contributed by atoms with E-state index in [-0.39, 0.29) is 0 Å². The molecule has 1 fully saturated rings. The van der Waals surface area contributed by atoms with E-state index in [1.54, 1.807) is 14.2 Å². The van der Waals surface area contributed by atoms with Gasteiger partial charge < -0.3 is 19.7 Å². The van der Waals surface area contributed by atoms with Crippen LogP contribution in [0.25, 0.3) is 0 Å². The highest BCUT2D eigenvalue weighted by Gasteiger charge is 2.23. The Balaban J connectivity index is 2.36. The fourth-order valence-corrected chi connectivity index (χ4v) is 2.59. The van der Waals surface area contributed by atoms with Crippen LogP contribution in [0.15, 0.2) is 18.2 Å². The normalized spacial score (nSPS) is 23.9. The lowest BCUT2D eigenvalue weighted by molar-refractivity contribution is 0.401. The van der Waals surface area contributed by atoms with Gasteiger partial charge in [-0.3, -0.25) is 0 Å². The molecule has 1 aromatic rings. The highest BCUT2D eigenvalue weighted by Crippen LogP contribution is 2.34. The molecule has 4 nitrogen and oxygen atoms in total. The molecule has 0 aromatic heterocycles. The smallest absolute Gasteiger partial charge is 0.142 e. The van der Waals surface area contributed by atoms with Crippen molar-refractivity contribution < 1.29 is 9.47 Å². The lowest BCUT2D eigenvalue weighted by Gasteiger charge is -2.31. The third-order valence-electron chi connectivity index (χ3n) is 3.67. The van der Waals surface area contributed by atoms with Gasteiger partial charge in [0.15, 0.2) is 0 Å².